The van der Waals surface area contributed by atoms with Crippen molar-refractivity contribution >= 4 is 33.2 Å². The van der Waals surface area contributed by atoms with E-state index in [0.29, 0.717) is 36.4 Å². The summed E-state index contributed by atoms with van der Waals surface area (Å²) in [6.07, 6.45) is 0. The number of carbonyl (C=O) groups is 2. The smallest absolute Gasteiger partial charge is 0.264 e. The molecule has 116 valence electrons. The lowest BCUT2D eigenvalue weighted by Gasteiger charge is -2.33. The van der Waals surface area contributed by atoms with Gasteiger partial charge in [0.05, 0.1) is 11.4 Å². The third-order valence-corrected chi connectivity index (χ3v) is 4.85. The Balaban J connectivity index is 1.71. The number of rotatable bonds is 3. The molecular formula is C15H16FN3O2S. The van der Waals surface area contributed by atoms with Crippen molar-refractivity contribution < 1.29 is 14.0 Å². The summed E-state index contributed by atoms with van der Waals surface area (Å²) in [5, 5.41) is 0.489. The Labute approximate surface area is 131 Å². The van der Waals surface area contributed by atoms with E-state index < -0.39 is 0 Å². The van der Waals surface area contributed by atoms with Gasteiger partial charge in [0.1, 0.15) is 5.82 Å². The SMILES string of the molecule is NC(=O)CN1CCN(C(=O)c2cc3c(F)cccc3s2)CC1. The molecule has 2 heterocycles. The topological polar surface area (TPSA) is 66.6 Å². The minimum Gasteiger partial charge on any atom is -0.369 e. The van der Waals surface area contributed by atoms with E-state index in [1.165, 1.54) is 17.4 Å². The molecule has 2 aromatic rings. The number of carbonyl (C=O) groups excluding carboxylic acids is 2. The molecule has 0 bridgehead atoms. The molecule has 0 unspecified atom stereocenters. The maximum atomic E-state index is 13.7. The van der Waals surface area contributed by atoms with Gasteiger partial charge < -0.3 is 10.6 Å². The summed E-state index contributed by atoms with van der Waals surface area (Å²) >= 11 is 1.31. The van der Waals surface area contributed by atoms with Crippen molar-refractivity contribution in [1.29, 1.82) is 0 Å². The maximum Gasteiger partial charge on any atom is 0.264 e. The van der Waals surface area contributed by atoms with Crippen LogP contribution in [0.25, 0.3) is 10.1 Å². The van der Waals surface area contributed by atoms with Gasteiger partial charge in [-0.2, -0.15) is 0 Å². The zero-order valence-electron chi connectivity index (χ0n) is 11.9. The Morgan fingerprint density at radius 2 is 1.95 bits per heavy atom. The molecule has 1 fully saturated rings. The van der Waals surface area contributed by atoms with Gasteiger partial charge in [0.2, 0.25) is 5.91 Å². The number of amides is 2. The number of benzene rings is 1. The zero-order valence-corrected chi connectivity index (χ0v) is 12.7. The van der Waals surface area contributed by atoms with Crippen LogP contribution in [-0.4, -0.2) is 54.3 Å². The van der Waals surface area contributed by atoms with Gasteiger partial charge in [-0.15, -0.1) is 11.3 Å². The molecule has 3 rings (SSSR count). The van der Waals surface area contributed by atoms with Crippen molar-refractivity contribution in [3.8, 4) is 0 Å². The average molecular weight is 321 g/mol. The minimum absolute atomic E-state index is 0.0840. The summed E-state index contributed by atoms with van der Waals surface area (Å²) in [6.45, 7) is 2.55. The van der Waals surface area contributed by atoms with E-state index in [-0.39, 0.29) is 24.2 Å². The van der Waals surface area contributed by atoms with Crippen molar-refractivity contribution in [2.45, 2.75) is 0 Å². The van der Waals surface area contributed by atoms with Crippen LogP contribution in [0, 0.1) is 5.82 Å². The minimum atomic E-state index is -0.361. The van der Waals surface area contributed by atoms with E-state index in [4.69, 9.17) is 5.73 Å². The van der Waals surface area contributed by atoms with Crippen LogP contribution in [0.4, 0.5) is 4.39 Å². The van der Waals surface area contributed by atoms with E-state index in [1.54, 1.807) is 17.0 Å². The first-order chi connectivity index (χ1) is 10.5. The van der Waals surface area contributed by atoms with Crippen LogP contribution in [0.3, 0.4) is 0 Å². The number of thiophene rings is 1. The van der Waals surface area contributed by atoms with Crippen LogP contribution in [0.5, 0.6) is 0 Å². The molecular weight excluding hydrogens is 305 g/mol. The van der Waals surface area contributed by atoms with Gasteiger partial charge in [-0.25, -0.2) is 4.39 Å². The number of halogens is 1. The van der Waals surface area contributed by atoms with Crippen LogP contribution in [-0.2, 0) is 4.79 Å². The normalized spacial score (nSPS) is 16.1. The fourth-order valence-electron chi connectivity index (χ4n) is 2.62. The highest BCUT2D eigenvalue weighted by atomic mass is 32.1. The fourth-order valence-corrected chi connectivity index (χ4v) is 3.66. The highest BCUT2D eigenvalue weighted by Crippen LogP contribution is 2.28. The van der Waals surface area contributed by atoms with Gasteiger partial charge in [0, 0.05) is 36.3 Å². The van der Waals surface area contributed by atoms with E-state index in [2.05, 4.69) is 0 Å². The Morgan fingerprint density at radius 1 is 1.23 bits per heavy atom. The summed E-state index contributed by atoms with van der Waals surface area (Å²) in [4.78, 5) is 27.6. The van der Waals surface area contributed by atoms with Crippen LogP contribution in [0.1, 0.15) is 9.67 Å². The van der Waals surface area contributed by atoms with Crippen LogP contribution < -0.4 is 5.73 Å². The lowest BCUT2D eigenvalue weighted by atomic mass is 10.2. The molecule has 1 aliphatic rings. The second kappa shape index (κ2) is 6.02. The Bertz CT molecular complexity index is 723. The predicted molar refractivity (Wildman–Crippen MR) is 83.3 cm³/mol. The van der Waals surface area contributed by atoms with Gasteiger partial charge in [-0.3, -0.25) is 14.5 Å². The van der Waals surface area contributed by atoms with Gasteiger partial charge in [-0.05, 0) is 18.2 Å². The molecule has 1 aromatic heterocycles. The molecule has 1 saturated heterocycles. The summed E-state index contributed by atoms with van der Waals surface area (Å²) < 4.78 is 14.5. The second-order valence-electron chi connectivity index (χ2n) is 5.30. The van der Waals surface area contributed by atoms with Gasteiger partial charge in [0.15, 0.2) is 0 Å². The summed E-state index contributed by atoms with van der Waals surface area (Å²) in [5.74, 6) is -0.752. The van der Waals surface area contributed by atoms with Crippen molar-refractivity contribution in [1.82, 2.24) is 9.80 Å². The third-order valence-electron chi connectivity index (χ3n) is 3.76. The van der Waals surface area contributed by atoms with Gasteiger partial charge >= 0.3 is 0 Å². The molecule has 0 aliphatic carbocycles. The number of primary amides is 1. The Hall–Kier alpha value is -1.99. The molecule has 1 aromatic carbocycles. The number of hydrogen-bond acceptors (Lipinski definition) is 4. The lowest BCUT2D eigenvalue weighted by molar-refractivity contribution is -0.119. The molecule has 22 heavy (non-hydrogen) atoms. The van der Waals surface area contributed by atoms with Crippen molar-refractivity contribution in [3.05, 3.63) is 35.0 Å². The van der Waals surface area contributed by atoms with Crippen LogP contribution in [0.2, 0.25) is 0 Å². The Kier molecular flexibility index (Phi) is 4.08. The van der Waals surface area contributed by atoms with Crippen molar-refractivity contribution in [3.63, 3.8) is 0 Å². The van der Waals surface area contributed by atoms with Crippen LogP contribution in [0.15, 0.2) is 24.3 Å². The molecule has 0 atom stereocenters. The number of piperazine rings is 1. The third kappa shape index (κ3) is 2.95. The maximum absolute atomic E-state index is 13.7. The zero-order chi connectivity index (χ0) is 15.7. The highest BCUT2D eigenvalue weighted by Gasteiger charge is 2.24. The van der Waals surface area contributed by atoms with Crippen molar-refractivity contribution in [2.75, 3.05) is 32.7 Å². The number of nitrogens with zero attached hydrogens (tertiary/aromatic N) is 2. The van der Waals surface area contributed by atoms with E-state index >= 15 is 0 Å². The molecule has 1 aliphatic heterocycles. The van der Waals surface area contributed by atoms with Gasteiger partial charge in [-0.1, -0.05) is 6.07 Å². The first-order valence-electron chi connectivity index (χ1n) is 7.02. The molecule has 5 nitrogen and oxygen atoms in total. The summed E-state index contributed by atoms with van der Waals surface area (Å²) in [5.41, 5.74) is 5.17. The van der Waals surface area contributed by atoms with Crippen LogP contribution >= 0.6 is 11.3 Å². The highest BCUT2D eigenvalue weighted by molar-refractivity contribution is 7.20. The Morgan fingerprint density at radius 3 is 2.59 bits per heavy atom. The fraction of sp³-hybridized carbons (Fsp3) is 0.333. The molecule has 0 spiro atoms. The standard InChI is InChI=1S/C15H16FN3O2S/c16-11-2-1-3-12-10(11)8-13(22-12)15(21)19-6-4-18(5-7-19)9-14(17)20/h1-3,8H,4-7,9H2,(H2,17,20). The molecule has 0 saturated carbocycles. The average Bonchev–Trinajstić information content (AvgIpc) is 2.92. The van der Waals surface area contributed by atoms with Gasteiger partial charge in [0.25, 0.3) is 5.91 Å². The first kappa shape index (κ1) is 14.9. The van der Waals surface area contributed by atoms with E-state index in [0.717, 1.165) is 4.70 Å². The largest absolute Gasteiger partial charge is 0.369 e. The molecule has 7 heteroatoms. The summed E-state index contributed by atoms with van der Waals surface area (Å²) in [6, 6.07) is 6.47. The number of nitrogens with two attached hydrogens (primary N) is 1. The monoisotopic (exact) mass is 321 g/mol. The molecule has 0 radical (unpaired) electrons. The quantitative estimate of drug-likeness (QED) is 0.926. The molecule has 2 amide bonds. The van der Waals surface area contributed by atoms with E-state index in [9.17, 15) is 14.0 Å². The lowest BCUT2D eigenvalue weighted by Crippen LogP contribution is -2.50. The van der Waals surface area contributed by atoms with E-state index in [1.807, 2.05) is 11.0 Å². The predicted octanol–water partition coefficient (Wildman–Crippen LogP) is 1.28. The second-order valence-corrected chi connectivity index (χ2v) is 6.38. The van der Waals surface area contributed by atoms with Crippen molar-refractivity contribution in [2.24, 2.45) is 5.73 Å². The number of fused-ring (bicyclic) bond motifs is 1. The summed E-state index contributed by atoms with van der Waals surface area (Å²) in [7, 11) is 0. The number of hydrogen-bond donors (Lipinski definition) is 1. The molecule has 2 N–H and O–H groups in total. The first-order valence-corrected chi connectivity index (χ1v) is 7.84.